The van der Waals surface area contributed by atoms with Gasteiger partial charge in [0.05, 0.1) is 32.3 Å². The molecule has 8 heteroatoms. The van der Waals surface area contributed by atoms with Gasteiger partial charge in [0.1, 0.15) is 11.5 Å². The number of nitrogens with zero attached hydrogens (tertiary/aromatic N) is 3. The Morgan fingerprint density at radius 3 is 2.57 bits per heavy atom. The van der Waals surface area contributed by atoms with E-state index in [4.69, 9.17) is 13.9 Å². The Balaban J connectivity index is 1.60. The zero-order valence-corrected chi connectivity index (χ0v) is 17.1. The van der Waals surface area contributed by atoms with Gasteiger partial charge in [0.15, 0.2) is 5.96 Å². The fraction of sp³-hybridized carbons (Fsp3) is 0.700. The van der Waals surface area contributed by atoms with E-state index in [2.05, 4.69) is 26.2 Å². The van der Waals surface area contributed by atoms with Gasteiger partial charge < -0.3 is 24.1 Å². The van der Waals surface area contributed by atoms with Gasteiger partial charge in [-0.25, -0.2) is 0 Å². The third kappa shape index (κ3) is 5.05. The SMILES string of the molecule is CN=C(NCC(c1ccc(C)o1)N1CCOCC1)N1CCC(C(=O)OC)CC1. The van der Waals surface area contributed by atoms with Crippen LogP contribution in [0.4, 0.5) is 0 Å². The molecule has 0 radical (unpaired) electrons. The molecule has 3 rings (SSSR count). The second kappa shape index (κ2) is 9.93. The highest BCUT2D eigenvalue weighted by Crippen LogP contribution is 2.24. The number of esters is 1. The highest BCUT2D eigenvalue weighted by atomic mass is 16.5. The van der Waals surface area contributed by atoms with Crippen LogP contribution in [-0.2, 0) is 14.3 Å². The Labute approximate surface area is 166 Å². The Hall–Kier alpha value is -2.06. The van der Waals surface area contributed by atoms with Gasteiger partial charge in [-0.15, -0.1) is 0 Å². The van der Waals surface area contributed by atoms with Crippen molar-refractivity contribution in [2.45, 2.75) is 25.8 Å². The summed E-state index contributed by atoms with van der Waals surface area (Å²) in [6, 6.07) is 4.19. The van der Waals surface area contributed by atoms with Crippen molar-refractivity contribution in [1.82, 2.24) is 15.1 Å². The van der Waals surface area contributed by atoms with Crippen molar-refractivity contribution in [3.63, 3.8) is 0 Å². The number of carbonyl (C=O) groups is 1. The lowest BCUT2D eigenvalue weighted by atomic mass is 9.97. The van der Waals surface area contributed by atoms with Crippen LogP contribution in [0.2, 0.25) is 0 Å². The van der Waals surface area contributed by atoms with Crippen molar-refractivity contribution in [3.8, 4) is 0 Å². The number of aliphatic imine (C=N–C) groups is 1. The van der Waals surface area contributed by atoms with Crippen molar-refractivity contribution < 1.29 is 18.7 Å². The molecule has 2 fully saturated rings. The lowest BCUT2D eigenvalue weighted by Gasteiger charge is -2.36. The Morgan fingerprint density at radius 1 is 1.29 bits per heavy atom. The summed E-state index contributed by atoms with van der Waals surface area (Å²) in [5, 5.41) is 3.52. The molecule has 2 saturated heterocycles. The number of likely N-dealkylation sites (tertiary alicyclic amines) is 1. The van der Waals surface area contributed by atoms with Crippen molar-refractivity contribution in [2.75, 3.05) is 60.1 Å². The van der Waals surface area contributed by atoms with Gasteiger partial charge in [-0.05, 0) is 31.9 Å². The van der Waals surface area contributed by atoms with Crippen LogP contribution in [0.15, 0.2) is 21.5 Å². The molecule has 1 N–H and O–H groups in total. The normalized spacial score (nSPS) is 20.8. The maximum absolute atomic E-state index is 11.7. The minimum atomic E-state index is -0.108. The number of hydrogen-bond donors (Lipinski definition) is 1. The first kappa shape index (κ1) is 20.7. The number of guanidine groups is 1. The van der Waals surface area contributed by atoms with Gasteiger partial charge in [0.2, 0.25) is 0 Å². The Bertz CT molecular complexity index is 661. The maximum Gasteiger partial charge on any atom is 0.308 e. The van der Waals surface area contributed by atoms with Crippen molar-refractivity contribution in [2.24, 2.45) is 10.9 Å². The standard InChI is InChI=1S/C20H32N4O4/c1-15-4-5-18(28-15)17(23-10-12-27-13-11-23)14-22-20(21-2)24-8-6-16(7-9-24)19(25)26-3/h4-5,16-17H,6-14H2,1-3H3,(H,21,22). The molecule has 0 aromatic carbocycles. The topological polar surface area (TPSA) is 79.5 Å². The number of carbonyl (C=O) groups excluding carboxylic acids is 1. The fourth-order valence-corrected chi connectivity index (χ4v) is 3.95. The van der Waals surface area contributed by atoms with Gasteiger partial charge in [-0.3, -0.25) is 14.7 Å². The number of piperidine rings is 1. The molecule has 8 nitrogen and oxygen atoms in total. The lowest BCUT2D eigenvalue weighted by Crippen LogP contribution is -2.49. The molecular formula is C20H32N4O4. The number of rotatable bonds is 5. The molecule has 1 atom stereocenters. The number of ether oxygens (including phenoxy) is 2. The maximum atomic E-state index is 11.7. The second-order valence-electron chi connectivity index (χ2n) is 7.33. The molecule has 1 aromatic rings. The van der Waals surface area contributed by atoms with Crippen molar-refractivity contribution >= 4 is 11.9 Å². The van der Waals surface area contributed by atoms with Crippen LogP contribution in [0.1, 0.15) is 30.4 Å². The van der Waals surface area contributed by atoms with Crippen LogP contribution in [0.5, 0.6) is 0 Å². The third-order valence-electron chi connectivity index (χ3n) is 5.57. The van der Waals surface area contributed by atoms with E-state index in [0.717, 1.165) is 69.7 Å². The molecule has 3 heterocycles. The minimum Gasteiger partial charge on any atom is -0.469 e. The molecule has 0 spiro atoms. The van der Waals surface area contributed by atoms with E-state index in [1.54, 1.807) is 7.05 Å². The van der Waals surface area contributed by atoms with E-state index in [-0.39, 0.29) is 17.9 Å². The smallest absolute Gasteiger partial charge is 0.308 e. The molecule has 0 saturated carbocycles. The van der Waals surface area contributed by atoms with Crippen LogP contribution in [-0.4, -0.2) is 81.8 Å². The largest absolute Gasteiger partial charge is 0.469 e. The molecule has 1 unspecified atom stereocenters. The number of hydrogen-bond acceptors (Lipinski definition) is 6. The third-order valence-corrected chi connectivity index (χ3v) is 5.57. The minimum absolute atomic E-state index is 0.00783. The summed E-state index contributed by atoms with van der Waals surface area (Å²) in [4.78, 5) is 20.8. The van der Waals surface area contributed by atoms with Gasteiger partial charge in [0, 0.05) is 39.8 Å². The molecule has 2 aliphatic rings. The van der Waals surface area contributed by atoms with Crippen LogP contribution in [0, 0.1) is 12.8 Å². The summed E-state index contributed by atoms with van der Waals surface area (Å²) >= 11 is 0. The van der Waals surface area contributed by atoms with E-state index in [1.165, 1.54) is 7.11 Å². The summed E-state index contributed by atoms with van der Waals surface area (Å²) in [6.45, 7) is 7.51. The first-order valence-electron chi connectivity index (χ1n) is 10.0. The highest BCUT2D eigenvalue weighted by Gasteiger charge is 2.29. The predicted octanol–water partition coefficient (Wildman–Crippen LogP) is 1.42. The van der Waals surface area contributed by atoms with Crippen molar-refractivity contribution in [1.29, 1.82) is 0 Å². The van der Waals surface area contributed by atoms with Gasteiger partial charge in [-0.1, -0.05) is 0 Å². The number of methoxy groups -OCH3 is 1. The molecule has 1 aromatic heterocycles. The van der Waals surface area contributed by atoms with Crippen molar-refractivity contribution in [3.05, 3.63) is 23.7 Å². The second-order valence-corrected chi connectivity index (χ2v) is 7.33. The Morgan fingerprint density at radius 2 is 2.00 bits per heavy atom. The van der Waals surface area contributed by atoms with E-state index in [9.17, 15) is 4.79 Å². The lowest BCUT2D eigenvalue weighted by molar-refractivity contribution is -0.146. The van der Waals surface area contributed by atoms with E-state index in [0.29, 0.717) is 6.54 Å². The summed E-state index contributed by atoms with van der Waals surface area (Å²) in [7, 11) is 3.26. The number of aryl methyl sites for hydroxylation is 1. The Kier molecular flexibility index (Phi) is 7.33. The average Bonchev–Trinajstić information content (AvgIpc) is 3.17. The summed E-state index contributed by atoms with van der Waals surface area (Å²) in [6.07, 6.45) is 1.58. The highest BCUT2D eigenvalue weighted by molar-refractivity contribution is 5.80. The van der Waals surface area contributed by atoms with Crippen LogP contribution < -0.4 is 5.32 Å². The number of morpholine rings is 1. The summed E-state index contributed by atoms with van der Waals surface area (Å²) in [5.74, 6) is 2.63. The predicted molar refractivity (Wildman–Crippen MR) is 106 cm³/mol. The summed E-state index contributed by atoms with van der Waals surface area (Å²) < 4.78 is 16.3. The van der Waals surface area contributed by atoms with E-state index < -0.39 is 0 Å². The van der Waals surface area contributed by atoms with Crippen LogP contribution in [0.3, 0.4) is 0 Å². The molecule has 0 bridgehead atoms. The average molecular weight is 393 g/mol. The number of furan rings is 1. The number of nitrogens with one attached hydrogen (secondary N) is 1. The van der Waals surface area contributed by atoms with Crippen LogP contribution >= 0.6 is 0 Å². The van der Waals surface area contributed by atoms with Gasteiger partial charge >= 0.3 is 5.97 Å². The zero-order valence-electron chi connectivity index (χ0n) is 17.1. The van der Waals surface area contributed by atoms with E-state index >= 15 is 0 Å². The molecule has 0 amide bonds. The molecule has 28 heavy (non-hydrogen) atoms. The fourth-order valence-electron chi connectivity index (χ4n) is 3.95. The van der Waals surface area contributed by atoms with Gasteiger partial charge in [0.25, 0.3) is 0 Å². The molecule has 2 aliphatic heterocycles. The van der Waals surface area contributed by atoms with E-state index in [1.807, 2.05) is 13.0 Å². The first-order chi connectivity index (χ1) is 13.6. The molecular weight excluding hydrogens is 360 g/mol. The van der Waals surface area contributed by atoms with Gasteiger partial charge in [-0.2, -0.15) is 0 Å². The van der Waals surface area contributed by atoms with Crippen LogP contribution in [0.25, 0.3) is 0 Å². The zero-order chi connectivity index (χ0) is 19.9. The first-order valence-corrected chi connectivity index (χ1v) is 10.0. The molecule has 156 valence electrons. The summed E-state index contributed by atoms with van der Waals surface area (Å²) in [5.41, 5.74) is 0. The monoisotopic (exact) mass is 392 g/mol. The quantitative estimate of drug-likeness (QED) is 0.461. The molecule has 0 aliphatic carbocycles.